The number of nitro groups is 1. The van der Waals surface area contributed by atoms with Crippen molar-refractivity contribution in [3.63, 3.8) is 0 Å². The van der Waals surface area contributed by atoms with Crippen molar-refractivity contribution < 1.29 is 9.72 Å². The van der Waals surface area contributed by atoms with E-state index in [1.165, 1.54) is 11.0 Å². The summed E-state index contributed by atoms with van der Waals surface area (Å²) in [4.78, 5) is 27.2. The summed E-state index contributed by atoms with van der Waals surface area (Å²) in [6.07, 6.45) is 6.69. The minimum atomic E-state index is -0.544. The number of hydrogen-bond donors (Lipinski definition) is 0. The van der Waals surface area contributed by atoms with Crippen LogP contribution in [0.1, 0.15) is 6.42 Å². The summed E-state index contributed by atoms with van der Waals surface area (Å²) in [6.45, 7) is 0.388. The second kappa shape index (κ2) is 4.74. The Kier molecular flexibility index (Phi) is 3.30. The van der Waals surface area contributed by atoms with Crippen LogP contribution in [0.2, 0.25) is 0 Å². The number of aromatic nitrogens is 1. The van der Waals surface area contributed by atoms with Crippen LogP contribution in [0.5, 0.6) is 0 Å². The summed E-state index contributed by atoms with van der Waals surface area (Å²) >= 11 is 3.18. The number of pyridine rings is 1. The summed E-state index contributed by atoms with van der Waals surface area (Å²) in [5, 5.41) is 10.6. The smallest absolute Gasteiger partial charge is 0.288 e. The van der Waals surface area contributed by atoms with Gasteiger partial charge in [0, 0.05) is 24.9 Å². The molecule has 1 aliphatic rings. The van der Waals surface area contributed by atoms with Crippen molar-refractivity contribution in [1.29, 1.82) is 0 Å². The van der Waals surface area contributed by atoms with E-state index in [1.54, 1.807) is 0 Å². The van der Waals surface area contributed by atoms with Gasteiger partial charge in [0.05, 0.1) is 9.40 Å². The normalized spacial score (nSPS) is 18.8. The van der Waals surface area contributed by atoms with Crippen LogP contribution in [0.4, 0.5) is 11.5 Å². The maximum atomic E-state index is 11.8. The Balaban J connectivity index is 2.33. The first-order valence-electron chi connectivity index (χ1n) is 5.09. The SMILES string of the molecule is C#CC1CC(=O)N(c2ncc([N+](=O)[O-])cc2Br)C1. The minimum Gasteiger partial charge on any atom is -0.295 e. The van der Waals surface area contributed by atoms with Crippen LogP contribution in [-0.4, -0.2) is 22.4 Å². The molecule has 0 radical (unpaired) electrons. The van der Waals surface area contributed by atoms with Crippen LogP contribution >= 0.6 is 15.9 Å². The molecule has 1 aliphatic heterocycles. The number of hydrogen-bond acceptors (Lipinski definition) is 4. The second-order valence-corrected chi connectivity index (χ2v) is 4.68. The van der Waals surface area contributed by atoms with Gasteiger partial charge in [0.2, 0.25) is 5.91 Å². The topological polar surface area (TPSA) is 76.3 Å². The molecule has 2 rings (SSSR count). The summed E-state index contributed by atoms with van der Waals surface area (Å²) in [6, 6.07) is 1.32. The van der Waals surface area contributed by atoms with Crippen LogP contribution in [0.25, 0.3) is 0 Å². The monoisotopic (exact) mass is 309 g/mol. The zero-order chi connectivity index (χ0) is 13.3. The quantitative estimate of drug-likeness (QED) is 0.473. The zero-order valence-corrected chi connectivity index (χ0v) is 10.8. The zero-order valence-electron chi connectivity index (χ0n) is 9.17. The molecule has 18 heavy (non-hydrogen) atoms. The molecule has 0 aliphatic carbocycles. The van der Waals surface area contributed by atoms with Gasteiger partial charge in [0.25, 0.3) is 5.69 Å². The molecule has 0 spiro atoms. The molecule has 0 N–H and O–H groups in total. The van der Waals surface area contributed by atoms with Gasteiger partial charge in [0.1, 0.15) is 12.0 Å². The molecule has 1 aromatic heterocycles. The van der Waals surface area contributed by atoms with Crippen molar-refractivity contribution in [2.45, 2.75) is 6.42 Å². The van der Waals surface area contributed by atoms with Gasteiger partial charge in [-0.2, -0.15) is 0 Å². The predicted octanol–water partition coefficient (Wildman–Crippen LogP) is 1.74. The van der Waals surface area contributed by atoms with Crippen LogP contribution in [0.3, 0.4) is 0 Å². The molecule has 2 heterocycles. The summed E-state index contributed by atoms with van der Waals surface area (Å²) in [5.74, 6) is 2.63. The third kappa shape index (κ3) is 2.19. The van der Waals surface area contributed by atoms with E-state index in [0.29, 0.717) is 16.8 Å². The van der Waals surface area contributed by atoms with Crippen LogP contribution in [0, 0.1) is 28.4 Å². The third-order valence-corrected chi connectivity index (χ3v) is 3.22. The predicted molar refractivity (Wildman–Crippen MR) is 67.9 cm³/mol. The number of rotatable bonds is 2. The fraction of sp³-hybridized carbons (Fsp3) is 0.273. The Morgan fingerprint density at radius 2 is 2.39 bits per heavy atom. The number of amides is 1. The summed E-state index contributed by atoms with van der Waals surface area (Å²) in [7, 11) is 0. The average Bonchev–Trinajstić information content (AvgIpc) is 2.70. The molecular formula is C11H8BrN3O3. The van der Waals surface area contributed by atoms with Gasteiger partial charge in [-0.15, -0.1) is 12.3 Å². The molecule has 1 atom stereocenters. The first-order valence-corrected chi connectivity index (χ1v) is 5.88. The van der Waals surface area contributed by atoms with E-state index in [9.17, 15) is 14.9 Å². The highest BCUT2D eigenvalue weighted by molar-refractivity contribution is 9.10. The average molecular weight is 310 g/mol. The lowest BCUT2D eigenvalue weighted by atomic mass is 10.1. The Morgan fingerprint density at radius 1 is 1.67 bits per heavy atom. The van der Waals surface area contributed by atoms with Crippen molar-refractivity contribution in [3.8, 4) is 12.3 Å². The van der Waals surface area contributed by atoms with Gasteiger partial charge in [-0.1, -0.05) is 0 Å². The lowest BCUT2D eigenvalue weighted by Crippen LogP contribution is -2.25. The first-order chi connectivity index (χ1) is 8.52. The van der Waals surface area contributed by atoms with Gasteiger partial charge >= 0.3 is 0 Å². The Labute approximate surface area is 111 Å². The fourth-order valence-corrected chi connectivity index (χ4v) is 2.29. The van der Waals surface area contributed by atoms with E-state index in [1.807, 2.05) is 0 Å². The number of terminal acetylenes is 1. The lowest BCUT2D eigenvalue weighted by Gasteiger charge is -2.15. The van der Waals surface area contributed by atoms with Gasteiger partial charge in [-0.05, 0) is 15.9 Å². The molecule has 1 saturated heterocycles. The van der Waals surface area contributed by atoms with E-state index >= 15 is 0 Å². The highest BCUT2D eigenvalue weighted by Gasteiger charge is 2.31. The largest absolute Gasteiger partial charge is 0.295 e. The third-order valence-electron chi connectivity index (χ3n) is 2.63. The molecule has 0 aromatic carbocycles. The van der Waals surface area contributed by atoms with Crippen LogP contribution in [0.15, 0.2) is 16.7 Å². The molecular weight excluding hydrogens is 302 g/mol. The van der Waals surface area contributed by atoms with Crippen molar-refractivity contribution >= 4 is 33.3 Å². The van der Waals surface area contributed by atoms with Gasteiger partial charge < -0.3 is 0 Å². The molecule has 7 heteroatoms. The Morgan fingerprint density at radius 3 is 2.89 bits per heavy atom. The number of nitrogens with zero attached hydrogens (tertiary/aromatic N) is 3. The Hall–Kier alpha value is -1.94. The molecule has 0 bridgehead atoms. The number of halogens is 1. The molecule has 92 valence electrons. The molecule has 6 nitrogen and oxygen atoms in total. The number of anilines is 1. The summed E-state index contributed by atoms with van der Waals surface area (Å²) < 4.78 is 0.405. The highest BCUT2D eigenvalue weighted by Crippen LogP contribution is 2.31. The Bertz CT molecular complexity index is 567. The number of carbonyl (C=O) groups excluding carboxylic acids is 1. The minimum absolute atomic E-state index is 0.125. The molecule has 0 saturated carbocycles. The lowest BCUT2D eigenvalue weighted by molar-refractivity contribution is -0.385. The van der Waals surface area contributed by atoms with Crippen LogP contribution < -0.4 is 4.90 Å². The first kappa shape index (κ1) is 12.5. The molecule has 1 fully saturated rings. The van der Waals surface area contributed by atoms with Gasteiger partial charge in [0.15, 0.2) is 0 Å². The fourth-order valence-electron chi connectivity index (χ4n) is 1.74. The van der Waals surface area contributed by atoms with Crippen LogP contribution in [-0.2, 0) is 4.79 Å². The van der Waals surface area contributed by atoms with E-state index in [-0.39, 0.29) is 23.9 Å². The van der Waals surface area contributed by atoms with E-state index in [4.69, 9.17) is 6.42 Å². The standard InChI is InChI=1S/C11H8BrN3O3/c1-2-7-3-10(16)14(6-7)11-9(12)4-8(5-13-11)15(17)18/h1,4-5,7H,3,6H2. The second-order valence-electron chi connectivity index (χ2n) is 3.83. The molecule has 1 unspecified atom stereocenters. The van der Waals surface area contributed by atoms with Crippen molar-refractivity contribution in [3.05, 3.63) is 26.9 Å². The maximum absolute atomic E-state index is 11.8. The van der Waals surface area contributed by atoms with E-state index in [2.05, 4.69) is 26.8 Å². The van der Waals surface area contributed by atoms with Gasteiger partial charge in [-0.3, -0.25) is 19.8 Å². The van der Waals surface area contributed by atoms with E-state index < -0.39 is 4.92 Å². The van der Waals surface area contributed by atoms with Crippen molar-refractivity contribution in [1.82, 2.24) is 4.98 Å². The van der Waals surface area contributed by atoms with E-state index in [0.717, 1.165) is 6.20 Å². The molecule has 1 amide bonds. The highest BCUT2D eigenvalue weighted by atomic mass is 79.9. The molecule has 1 aromatic rings. The maximum Gasteiger partial charge on any atom is 0.288 e. The van der Waals surface area contributed by atoms with Crippen molar-refractivity contribution in [2.24, 2.45) is 5.92 Å². The summed E-state index contributed by atoms with van der Waals surface area (Å²) in [5.41, 5.74) is -0.134. The van der Waals surface area contributed by atoms with Gasteiger partial charge in [-0.25, -0.2) is 4.98 Å². The van der Waals surface area contributed by atoms with Crippen molar-refractivity contribution in [2.75, 3.05) is 11.4 Å². The number of carbonyl (C=O) groups is 1.